The second-order valence-electron chi connectivity index (χ2n) is 1.64. The van der Waals surface area contributed by atoms with Gasteiger partial charge in [-0.2, -0.15) is 0 Å². The number of ether oxygens (including phenoxy) is 1. The van der Waals surface area contributed by atoms with Crippen LogP contribution < -0.4 is 0 Å². The van der Waals surface area contributed by atoms with Crippen LogP contribution in [0.15, 0.2) is 12.3 Å². The summed E-state index contributed by atoms with van der Waals surface area (Å²) in [7, 11) is 0. The first-order valence-electron chi connectivity index (χ1n) is 2.18. The van der Waals surface area contributed by atoms with E-state index >= 15 is 0 Å². The Labute approximate surface area is 37.6 Å². The maximum Gasteiger partial charge on any atom is 0.0934 e. The summed E-state index contributed by atoms with van der Waals surface area (Å²) in [6.45, 7) is 3.00. The first-order valence-corrected chi connectivity index (χ1v) is 2.18. The number of rotatable bonds is 0. The minimum atomic E-state index is 0.644. The average molecular weight is 84.1 g/mol. The van der Waals surface area contributed by atoms with E-state index in [-0.39, 0.29) is 0 Å². The molecule has 34 valence electrons. The van der Waals surface area contributed by atoms with Crippen molar-refractivity contribution in [3.63, 3.8) is 0 Å². The molecule has 0 aromatic heterocycles. The van der Waals surface area contributed by atoms with Crippen LogP contribution >= 0.6 is 0 Å². The number of hydrogen-bond acceptors (Lipinski definition) is 1. The molecule has 1 heteroatoms. The number of hydrogen-bond donors (Lipinski definition) is 0. The van der Waals surface area contributed by atoms with E-state index in [0.717, 1.165) is 6.61 Å². The highest BCUT2D eigenvalue weighted by Crippen LogP contribution is 2.04. The summed E-state index contributed by atoms with van der Waals surface area (Å²) in [5, 5.41) is 0. The van der Waals surface area contributed by atoms with E-state index in [1.807, 2.05) is 0 Å². The molecular formula is C5H8O. The predicted molar refractivity (Wildman–Crippen MR) is 24.3 cm³/mol. The molecular weight excluding hydrogens is 76.1 g/mol. The standard InChI is InChI=1S/C5H8O/c1-5-2-3-6-4-5/h2-3,5H,4H2,1H3/t5-/m1/s1. The Balaban J connectivity index is 2.38. The quantitative estimate of drug-likeness (QED) is 0.428. The van der Waals surface area contributed by atoms with Crippen molar-refractivity contribution in [2.24, 2.45) is 5.92 Å². The van der Waals surface area contributed by atoms with Crippen molar-refractivity contribution in [1.29, 1.82) is 0 Å². The van der Waals surface area contributed by atoms with E-state index in [2.05, 4.69) is 13.0 Å². The van der Waals surface area contributed by atoms with Gasteiger partial charge in [0, 0.05) is 5.92 Å². The molecule has 0 unspecified atom stereocenters. The lowest BCUT2D eigenvalue weighted by Gasteiger charge is -1.90. The molecule has 1 rings (SSSR count). The van der Waals surface area contributed by atoms with Crippen LogP contribution in [0, 0.1) is 5.92 Å². The molecule has 0 N–H and O–H groups in total. The van der Waals surface area contributed by atoms with Crippen LogP contribution in [0.4, 0.5) is 0 Å². The lowest BCUT2D eigenvalue weighted by atomic mass is 10.2. The summed E-state index contributed by atoms with van der Waals surface area (Å²) in [6, 6.07) is 0. The summed E-state index contributed by atoms with van der Waals surface area (Å²) in [5.74, 6) is 0.644. The van der Waals surface area contributed by atoms with Crippen molar-refractivity contribution in [1.82, 2.24) is 0 Å². The van der Waals surface area contributed by atoms with Gasteiger partial charge >= 0.3 is 0 Å². The minimum Gasteiger partial charge on any atom is -0.501 e. The van der Waals surface area contributed by atoms with E-state index in [4.69, 9.17) is 4.74 Å². The van der Waals surface area contributed by atoms with Gasteiger partial charge in [0.15, 0.2) is 0 Å². The first kappa shape index (κ1) is 3.72. The third kappa shape index (κ3) is 0.534. The third-order valence-electron chi connectivity index (χ3n) is 0.862. The fourth-order valence-corrected chi connectivity index (χ4v) is 0.453. The molecule has 0 fully saturated rings. The maximum absolute atomic E-state index is 4.88. The van der Waals surface area contributed by atoms with Crippen LogP contribution in [0.3, 0.4) is 0 Å². The van der Waals surface area contributed by atoms with Crippen LogP contribution in [0.5, 0.6) is 0 Å². The zero-order valence-corrected chi connectivity index (χ0v) is 3.85. The molecule has 1 atom stereocenters. The maximum atomic E-state index is 4.88. The molecule has 0 saturated carbocycles. The topological polar surface area (TPSA) is 9.23 Å². The lowest BCUT2D eigenvalue weighted by Crippen LogP contribution is -1.88. The van der Waals surface area contributed by atoms with Crippen molar-refractivity contribution in [3.8, 4) is 0 Å². The van der Waals surface area contributed by atoms with Gasteiger partial charge in [0.2, 0.25) is 0 Å². The first-order chi connectivity index (χ1) is 2.89. The Morgan fingerprint density at radius 3 is 2.83 bits per heavy atom. The van der Waals surface area contributed by atoms with Crippen molar-refractivity contribution >= 4 is 0 Å². The zero-order chi connectivity index (χ0) is 4.41. The highest BCUT2D eigenvalue weighted by molar-refractivity contribution is 4.85. The van der Waals surface area contributed by atoms with E-state index in [1.54, 1.807) is 6.26 Å². The fraction of sp³-hybridized carbons (Fsp3) is 0.600. The highest BCUT2D eigenvalue weighted by Gasteiger charge is 1.99. The molecule has 0 amide bonds. The van der Waals surface area contributed by atoms with E-state index in [0.29, 0.717) is 5.92 Å². The fourth-order valence-electron chi connectivity index (χ4n) is 0.453. The van der Waals surface area contributed by atoms with Crippen LogP contribution in [0.2, 0.25) is 0 Å². The van der Waals surface area contributed by atoms with Gasteiger partial charge in [-0.25, -0.2) is 0 Å². The lowest BCUT2D eigenvalue weighted by molar-refractivity contribution is 0.255. The van der Waals surface area contributed by atoms with Gasteiger partial charge in [-0.3, -0.25) is 0 Å². The van der Waals surface area contributed by atoms with Gasteiger partial charge in [0.05, 0.1) is 12.9 Å². The van der Waals surface area contributed by atoms with E-state index in [9.17, 15) is 0 Å². The van der Waals surface area contributed by atoms with Crippen LogP contribution in [-0.4, -0.2) is 6.61 Å². The largest absolute Gasteiger partial charge is 0.501 e. The van der Waals surface area contributed by atoms with Crippen LogP contribution in [-0.2, 0) is 4.74 Å². The molecule has 1 aliphatic rings. The normalized spacial score (nSPS) is 30.5. The summed E-state index contributed by atoms with van der Waals surface area (Å²) in [5.41, 5.74) is 0. The Morgan fingerprint density at radius 2 is 2.67 bits per heavy atom. The highest BCUT2D eigenvalue weighted by atomic mass is 16.5. The second kappa shape index (κ2) is 1.33. The molecule has 0 radical (unpaired) electrons. The second-order valence-corrected chi connectivity index (χ2v) is 1.64. The molecule has 0 bridgehead atoms. The summed E-state index contributed by atoms with van der Waals surface area (Å²) in [6.07, 6.45) is 3.81. The molecule has 0 spiro atoms. The SMILES string of the molecule is C[C@@H]1C=COC1. The van der Waals surface area contributed by atoms with Crippen molar-refractivity contribution in [2.45, 2.75) is 6.92 Å². The van der Waals surface area contributed by atoms with Gasteiger partial charge in [-0.05, 0) is 6.08 Å². The van der Waals surface area contributed by atoms with Crippen molar-refractivity contribution in [2.75, 3.05) is 6.61 Å². The molecule has 6 heavy (non-hydrogen) atoms. The molecule has 0 saturated heterocycles. The smallest absolute Gasteiger partial charge is 0.0934 e. The third-order valence-corrected chi connectivity index (χ3v) is 0.862. The monoisotopic (exact) mass is 84.1 g/mol. The summed E-state index contributed by atoms with van der Waals surface area (Å²) < 4.78 is 4.88. The zero-order valence-electron chi connectivity index (χ0n) is 3.85. The summed E-state index contributed by atoms with van der Waals surface area (Å²) >= 11 is 0. The Bertz CT molecular complexity index is 66.3. The molecule has 0 aromatic carbocycles. The van der Waals surface area contributed by atoms with Crippen LogP contribution in [0.1, 0.15) is 6.92 Å². The van der Waals surface area contributed by atoms with Gasteiger partial charge in [0.25, 0.3) is 0 Å². The van der Waals surface area contributed by atoms with Gasteiger partial charge in [-0.1, -0.05) is 6.92 Å². The molecule has 1 nitrogen and oxygen atoms in total. The van der Waals surface area contributed by atoms with E-state index < -0.39 is 0 Å². The van der Waals surface area contributed by atoms with Gasteiger partial charge in [0.1, 0.15) is 0 Å². The van der Waals surface area contributed by atoms with Gasteiger partial charge in [-0.15, -0.1) is 0 Å². The van der Waals surface area contributed by atoms with Crippen LogP contribution in [0.25, 0.3) is 0 Å². The van der Waals surface area contributed by atoms with Crippen molar-refractivity contribution in [3.05, 3.63) is 12.3 Å². The summed E-state index contributed by atoms with van der Waals surface area (Å²) in [4.78, 5) is 0. The Hall–Kier alpha value is -0.460. The van der Waals surface area contributed by atoms with E-state index in [1.165, 1.54) is 0 Å². The molecule has 0 aliphatic carbocycles. The van der Waals surface area contributed by atoms with Gasteiger partial charge < -0.3 is 4.74 Å². The minimum absolute atomic E-state index is 0.644. The van der Waals surface area contributed by atoms with Crippen molar-refractivity contribution < 1.29 is 4.74 Å². The Morgan fingerprint density at radius 1 is 1.83 bits per heavy atom. The molecule has 1 aliphatic heterocycles. The molecule has 0 aromatic rings. The predicted octanol–water partition coefficient (Wildman–Crippen LogP) is 1.17. The average Bonchev–Trinajstić information content (AvgIpc) is 1.86. The Kier molecular flexibility index (Phi) is 0.825. The molecule has 1 heterocycles.